The highest BCUT2D eigenvalue weighted by Gasteiger charge is 2.24. The molecule has 1 fully saturated rings. The Morgan fingerprint density at radius 3 is 2.67 bits per heavy atom. The maximum absolute atomic E-state index is 12.9. The highest BCUT2D eigenvalue weighted by molar-refractivity contribution is 5.94. The zero-order valence-corrected chi connectivity index (χ0v) is 16.2. The van der Waals surface area contributed by atoms with E-state index in [0.717, 1.165) is 49.3 Å². The molecule has 1 aliphatic rings. The molecule has 3 rings (SSSR count). The van der Waals surface area contributed by atoms with Crippen molar-refractivity contribution in [1.29, 1.82) is 0 Å². The van der Waals surface area contributed by atoms with Crippen LogP contribution < -0.4 is 5.32 Å². The number of pyridine rings is 1. The van der Waals surface area contributed by atoms with E-state index >= 15 is 0 Å². The summed E-state index contributed by atoms with van der Waals surface area (Å²) in [4.78, 5) is 19.1. The number of anilines is 1. The van der Waals surface area contributed by atoms with Crippen LogP contribution in [0.15, 0.2) is 48.7 Å². The van der Waals surface area contributed by atoms with Crippen molar-refractivity contribution in [2.45, 2.75) is 51.2 Å². The number of nitrogens with one attached hydrogen (secondary N) is 1. The second-order valence-corrected chi connectivity index (χ2v) is 7.94. The molecule has 0 radical (unpaired) electrons. The van der Waals surface area contributed by atoms with Gasteiger partial charge in [0.05, 0.1) is 5.60 Å². The van der Waals surface area contributed by atoms with E-state index in [2.05, 4.69) is 10.3 Å². The minimum absolute atomic E-state index is 0.0939. The third-order valence-electron chi connectivity index (χ3n) is 5.00. The highest BCUT2D eigenvalue weighted by Crippen LogP contribution is 2.19. The number of aliphatic hydroxyl groups is 1. The first-order valence-corrected chi connectivity index (χ1v) is 9.69. The van der Waals surface area contributed by atoms with E-state index < -0.39 is 5.60 Å². The predicted molar refractivity (Wildman–Crippen MR) is 108 cm³/mol. The summed E-state index contributed by atoms with van der Waals surface area (Å²) < 4.78 is 0. The molecule has 1 aromatic carbocycles. The largest absolute Gasteiger partial charge is 0.390 e. The van der Waals surface area contributed by atoms with E-state index in [4.69, 9.17) is 0 Å². The van der Waals surface area contributed by atoms with Crippen LogP contribution in [0, 0.1) is 0 Å². The summed E-state index contributed by atoms with van der Waals surface area (Å²) in [5.74, 6) is 0.984. The number of aryl methyl sites for hydroxylation is 1. The molecule has 0 aliphatic carbocycles. The van der Waals surface area contributed by atoms with Crippen molar-refractivity contribution in [3.8, 4) is 0 Å². The number of rotatable bonds is 6. The van der Waals surface area contributed by atoms with Crippen LogP contribution in [0.25, 0.3) is 0 Å². The number of amides is 1. The quantitative estimate of drug-likeness (QED) is 0.820. The van der Waals surface area contributed by atoms with Crippen molar-refractivity contribution in [3.63, 3.8) is 0 Å². The molecule has 1 amide bonds. The minimum atomic E-state index is -0.692. The number of likely N-dealkylation sites (tertiary alicyclic amines) is 1. The molecule has 5 heteroatoms. The zero-order valence-electron chi connectivity index (χ0n) is 16.2. The topological polar surface area (TPSA) is 65.5 Å². The molecule has 2 aromatic rings. The average Bonchev–Trinajstić information content (AvgIpc) is 2.67. The van der Waals surface area contributed by atoms with E-state index in [1.807, 2.05) is 61.2 Å². The molecular weight excluding hydrogens is 338 g/mol. The summed E-state index contributed by atoms with van der Waals surface area (Å²) in [5.41, 5.74) is 1.14. The molecule has 2 heterocycles. The third-order valence-corrected chi connectivity index (χ3v) is 5.00. The van der Waals surface area contributed by atoms with Gasteiger partial charge in [0.2, 0.25) is 0 Å². The summed E-state index contributed by atoms with van der Waals surface area (Å²) in [6.45, 7) is 5.12. The maximum atomic E-state index is 12.9. The number of hydrogen-bond acceptors (Lipinski definition) is 4. The lowest BCUT2D eigenvalue weighted by Gasteiger charge is -2.32. The Morgan fingerprint density at radius 1 is 1.22 bits per heavy atom. The lowest BCUT2D eigenvalue weighted by Crippen LogP contribution is -2.42. The smallest absolute Gasteiger partial charge is 0.253 e. The molecule has 0 saturated carbocycles. The fourth-order valence-corrected chi connectivity index (χ4v) is 3.38. The Morgan fingerprint density at radius 2 is 2.00 bits per heavy atom. The second-order valence-electron chi connectivity index (χ2n) is 7.94. The van der Waals surface area contributed by atoms with Gasteiger partial charge in [-0.3, -0.25) is 4.79 Å². The molecule has 27 heavy (non-hydrogen) atoms. The van der Waals surface area contributed by atoms with Gasteiger partial charge < -0.3 is 15.3 Å². The Labute approximate surface area is 161 Å². The number of hydrogen-bond donors (Lipinski definition) is 2. The van der Waals surface area contributed by atoms with Gasteiger partial charge in [0.15, 0.2) is 0 Å². The fourth-order valence-electron chi connectivity index (χ4n) is 3.38. The van der Waals surface area contributed by atoms with Crippen molar-refractivity contribution in [2.24, 2.45) is 0 Å². The van der Waals surface area contributed by atoms with Crippen LogP contribution >= 0.6 is 0 Å². The number of piperidine rings is 1. The molecule has 2 N–H and O–H groups in total. The van der Waals surface area contributed by atoms with Crippen LogP contribution in [0.3, 0.4) is 0 Å². The first-order chi connectivity index (χ1) is 12.9. The van der Waals surface area contributed by atoms with Crippen LogP contribution in [0.5, 0.6) is 0 Å². The molecule has 0 spiro atoms. The first-order valence-electron chi connectivity index (χ1n) is 9.69. The molecule has 1 aliphatic heterocycles. The van der Waals surface area contributed by atoms with Crippen LogP contribution in [-0.4, -0.2) is 45.6 Å². The monoisotopic (exact) mass is 367 g/mol. The molecule has 0 bridgehead atoms. The van der Waals surface area contributed by atoms with Gasteiger partial charge in [0.1, 0.15) is 5.82 Å². The van der Waals surface area contributed by atoms with E-state index in [-0.39, 0.29) is 5.91 Å². The Hall–Kier alpha value is -2.40. The van der Waals surface area contributed by atoms with Gasteiger partial charge in [-0.2, -0.15) is 0 Å². The SMILES string of the molecule is CC(C)(O)CCc1cccc(C(=O)N2CCC(Nc3ccccn3)CC2)c1. The normalized spacial score (nSPS) is 15.6. The standard InChI is InChI=1S/C22H29N3O2/c1-22(2,27)12-9-17-6-5-7-18(16-17)21(26)25-14-10-19(11-15-25)24-20-8-3-4-13-23-20/h3-8,13,16,19,27H,9-12,14-15H2,1-2H3,(H,23,24). The van der Waals surface area contributed by atoms with Crippen molar-refractivity contribution >= 4 is 11.7 Å². The molecule has 1 saturated heterocycles. The Bertz CT molecular complexity index is 748. The van der Waals surface area contributed by atoms with Crippen molar-refractivity contribution in [2.75, 3.05) is 18.4 Å². The van der Waals surface area contributed by atoms with Crippen LogP contribution in [0.2, 0.25) is 0 Å². The highest BCUT2D eigenvalue weighted by atomic mass is 16.3. The average molecular weight is 367 g/mol. The minimum Gasteiger partial charge on any atom is -0.390 e. The van der Waals surface area contributed by atoms with E-state index in [1.54, 1.807) is 6.20 Å². The summed E-state index contributed by atoms with van der Waals surface area (Å²) in [7, 11) is 0. The number of carbonyl (C=O) groups excluding carboxylic acids is 1. The molecule has 144 valence electrons. The van der Waals surface area contributed by atoms with Crippen LogP contribution in [0.1, 0.15) is 49.0 Å². The van der Waals surface area contributed by atoms with Gasteiger partial charge in [0, 0.05) is 30.9 Å². The lowest BCUT2D eigenvalue weighted by molar-refractivity contribution is 0.0714. The van der Waals surface area contributed by atoms with Gasteiger partial charge >= 0.3 is 0 Å². The lowest BCUT2D eigenvalue weighted by atomic mass is 9.97. The van der Waals surface area contributed by atoms with Crippen LogP contribution in [0.4, 0.5) is 5.82 Å². The van der Waals surface area contributed by atoms with E-state index in [0.29, 0.717) is 12.5 Å². The van der Waals surface area contributed by atoms with E-state index in [1.165, 1.54) is 0 Å². The Kier molecular flexibility index (Phi) is 6.11. The summed E-state index contributed by atoms with van der Waals surface area (Å²) >= 11 is 0. The number of benzene rings is 1. The molecule has 0 atom stereocenters. The number of nitrogens with zero attached hydrogens (tertiary/aromatic N) is 2. The van der Waals surface area contributed by atoms with Crippen molar-refractivity contribution in [1.82, 2.24) is 9.88 Å². The van der Waals surface area contributed by atoms with Crippen molar-refractivity contribution < 1.29 is 9.90 Å². The van der Waals surface area contributed by atoms with Gasteiger partial charge in [-0.25, -0.2) is 4.98 Å². The summed E-state index contributed by atoms with van der Waals surface area (Å²) in [6.07, 6.45) is 5.06. The zero-order chi connectivity index (χ0) is 19.3. The van der Waals surface area contributed by atoms with Gasteiger partial charge in [-0.05, 0) is 69.4 Å². The van der Waals surface area contributed by atoms with Crippen LogP contribution in [-0.2, 0) is 6.42 Å². The Balaban J connectivity index is 1.54. The molecule has 1 aromatic heterocycles. The van der Waals surface area contributed by atoms with Gasteiger partial charge in [-0.1, -0.05) is 18.2 Å². The van der Waals surface area contributed by atoms with E-state index in [9.17, 15) is 9.90 Å². The van der Waals surface area contributed by atoms with Crippen molar-refractivity contribution in [3.05, 3.63) is 59.8 Å². The predicted octanol–water partition coefficient (Wildman–Crippen LogP) is 3.50. The second kappa shape index (κ2) is 8.53. The first kappa shape index (κ1) is 19.4. The fraction of sp³-hybridized carbons (Fsp3) is 0.455. The molecule has 5 nitrogen and oxygen atoms in total. The molecule has 0 unspecified atom stereocenters. The summed E-state index contributed by atoms with van der Waals surface area (Å²) in [5, 5.41) is 13.4. The van der Waals surface area contributed by atoms with Gasteiger partial charge in [-0.15, -0.1) is 0 Å². The number of aromatic nitrogens is 1. The third kappa shape index (κ3) is 5.79. The number of carbonyl (C=O) groups is 1. The molecular formula is C22H29N3O2. The maximum Gasteiger partial charge on any atom is 0.253 e. The summed E-state index contributed by atoms with van der Waals surface area (Å²) in [6, 6.07) is 14.0. The van der Waals surface area contributed by atoms with Gasteiger partial charge in [0.25, 0.3) is 5.91 Å².